The van der Waals surface area contributed by atoms with E-state index in [1.54, 1.807) is 0 Å². The van der Waals surface area contributed by atoms with Gasteiger partial charge in [0.15, 0.2) is 0 Å². The summed E-state index contributed by atoms with van der Waals surface area (Å²) in [5.74, 6) is 0.741. The van der Waals surface area contributed by atoms with Gasteiger partial charge >= 0.3 is 0 Å². The highest BCUT2D eigenvalue weighted by molar-refractivity contribution is 4.93. The second kappa shape index (κ2) is 7.46. The molecule has 1 aliphatic heterocycles. The summed E-state index contributed by atoms with van der Waals surface area (Å²) in [7, 11) is 0. The normalized spacial score (nSPS) is 30.0. The highest BCUT2D eigenvalue weighted by Crippen LogP contribution is 2.22. The first-order valence-electron chi connectivity index (χ1n) is 7.54. The molecule has 2 atom stereocenters. The molecule has 0 radical (unpaired) electrons. The van der Waals surface area contributed by atoms with Crippen LogP contribution < -0.4 is 5.32 Å². The first-order valence-corrected chi connectivity index (χ1v) is 7.54. The number of piperazine rings is 1. The second-order valence-corrected chi connectivity index (χ2v) is 6.37. The van der Waals surface area contributed by atoms with Gasteiger partial charge in [-0.05, 0) is 32.6 Å². The summed E-state index contributed by atoms with van der Waals surface area (Å²) in [6.45, 7) is 16.5. The predicted molar refractivity (Wildman–Crippen MR) is 78.0 cm³/mol. The lowest BCUT2D eigenvalue weighted by atomic mass is 9.92. The van der Waals surface area contributed by atoms with Crippen molar-refractivity contribution in [3.8, 4) is 0 Å². The molecule has 0 aromatic carbocycles. The first kappa shape index (κ1) is 15.9. The summed E-state index contributed by atoms with van der Waals surface area (Å²) in [5, 5.41) is 3.59. The Balaban J connectivity index is 2.29. The Morgan fingerprint density at radius 1 is 1.39 bits per heavy atom. The van der Waals surface area contributed by atoms with E-state index in [-0.39, 0.29) is 0 Å². The third-order valence-corrected chi connectivity index (χ3v) is 4.20. The molecule has 2 unspecified atom stereocenters. The minimum absolute atomic E-state index is 0.300. The number of rotatable bonds is 7. The zero-order valence-corrected chi connectivity index (χ0v) is 13.0. The van der Waals surface area contributed by atoms with Gasteiger partial charge in [-0.1, -0.05) is 20.8 Å². The zero-order chi connectivity index (χ0) is 13.6. The fourth-order valence-corrected chi connectivity index (χ4v) is 2.43. The van der Waals surface area contributed by atoms with Gasteiger partial charge in [-0.25, -0.2) is 0 Å². The SMILES string of the molecule is CCC1(C)CNC(C)CN1CCOCCC(C)C. The van der Waals surface area contributed by atoms with Crippen LogP contribution in [-0.4, -0.2) is 49.3 Å². The molecular weight excluding hydrogens is 224 g/mol. The monoisotopic (exact) mass is 256 g/mol. The van der Waals surface area contributed by atoms with Crippen molar-refractivity contribution < 1.29 is 4.74 Å². The number of nitrogens with zero attached hydrogens (tertiary/aromatic N) is 1. The van der Waals surface area contributed by atoms with E-state index in [2.05, 4.69) is 44.8 Å². The van der Waals surface area contributed by atoms with Crippen LogP contribution in [0.15, 0.2) is 0 Å². The average Bonchev–Trinajstić information content (AvgIpc) is 2.33. The molecule has 0 aromatic heterocycles. The van der Waals surface area contributed by atoms with E-state index in [0.717, 1.165) is 38.8 Å². The van der Waals surface area contributed by atoms with E-state index in [1.807, 2.05) is 0 Å². The lowest BCUT2D eigenvalue weighted by molar-refractivity contribution is 0.0179. The van der Waals surface area contributed by atoms with Crippen LogP contribution in [0.1, 0.15) is 47.5 Å². The van der Waals surface area contributed by atoms with Crippen molar-refractivity contribution in [2.45, 2.75) is 59.0 Å². The first-order chi connectivity index (χ1) is 8.48. The van der Waals surface area contributed by atoms with Crippen LogP contribution in [0, 0.1) is 5.92 Å². The lowest BCUT2D eigenvalue weighted by Gasteiger charge is -2.47. The maximum absolute atomic E-state index is 5.76. The van der Waals surface area contributed by atoms with E-state index in [1.165, 1.54) is 12.8 Å². The molecule has 0 amide bonds. The molecule has 1 aliphatic rings. The molecule has 18 heavy (non-hydrogen) atoms. The summed E-state index contributed by atoms with van der Waals surface area (Å²) in [6, 6.07) is 0.597. The van der Waals surface area contributed by atoms with Crippen molar-refractivity contribution in [3.63, 3.8) is 0 Å². The van der Waals surface area contributed by atoms with Gasteiger partial charge in [0.25, 0.3) is 0 Å². The molecular formula is C15H32N2O. The fourth-order valence-electron chi connectivity index (χ4n) is 2.43. The van der Waals surface area contributed by atoms with Gasteiger partial charge in [-0.2, -0.15) is 0 Å². The molecule has 1 fully saturated rings. The Labute approximate surface area is 113 Å². The van der Waals surface area contributed by atoms with Crippen molar-refractivity contribution in [1.82, 2.24) is 10.2 Å². The topological polar surface area (TPSA) is 24.5 Å². The zero-order valence-electron chi connectivity index (χ0n) is 13.0. The van der Waals surface area contributed by atoms with Crippen molar-refractivity contribution in [3.05, 3.63) is 0 Å². The molecule has 3 nitrogen and oxygen atoms in total. The molecule has 0 saturated carbocycles. The summed E-state index contributed by atoms with van der Waals surface area (Å²) in [6.07, 6.45) is 2.36. The van der Waals surface area contributed by atoms with E-state index in [0.29, 0.717) is 11.6 Å². The molecule has 108 valence electrons. The maximum Gasteiger partial charge on any atom is 0.0593 e. The van der Waals surface area contributed by atoms with Crippen molar-refractivity contribution in [1.29, 1.82) is 0 Å². The van der Waals surface area contributed by atoms with Crippen LogP contribution in [0.3, 0.4) is 0 Å². The van der Waals surface area contributed by atoms with Crippen LogP contribution in [-0.2, 0) is 4.74 Å². The third-order valence-electron chi connectivity index (χ3n) is 4.20. The Kier molecular flexibility index (Phi) is 6.61. The van der Waals surface area contributed by atoms with E-state index in [9.17, 15) is 0 Å². The van der Waals surface area contributed by atoms with Crippen LogP contribution in [0.4, 0.5) is 0 Å². The van der Waals surface area contributed by atoms with Gasteiger partial charge in [0.1, 0.15) is 0 Å². The third kappa shape index (κ3) is 4.87. The average molecular weight is 256 g/mol. The highest BCUT2D eigenvalue weighted by atomic mass is 16.5. The quantitative estimate of drug-likeness (QED) is 0.708. The molecule has 3 heteroatoms. The van der Waals surface area contributed by atoms with E-state index < -0.39 is 0 Å². The standard InChI is InChI=1S/C15H32N2O/c1-6-15(5)12-16-14(4)11-17(15)8-10-18-9-7-13(2)3/h13-14,16H,6-12H2,1-5H3. The Morgan fingerprint density at radius 2 is 2.11 bits per heavy atom. The van der Waals surface area contributed by atoms with Crippen molar-refractivity contribution >= 4 is 0 Å². The molecule has 0 bridgehead atoms. The molecule has 0 aliphatic carbocycles. The summed E-state index contributed by atoms with van der Waals surface area (Å²) < 4.78 is 5.76. The van der Waals surface area contributed by atoms with Crippen LogP contribution in [0.5, 0.6) is 0 Å². The van der Waals surface area contributed by atoms with Crippen LogP contribution in [0.25, 0.3) is 0 Å². The fraction of sp³-hybridized carbons (Fsp3) is 1.00. The Hall–Kier alpha value is -0.120. The van der Waals surface area contributed by atoms with Gasteiger partial charge in [0.2, 0.25) is 0 Å². The number of hydrogen-bond acceptors (Lipinski definition) is 3. The molecule has 1 saturated heterocycles. The minimum Gasteiger partial charge on any atom is -0.380 e. The predicted octanol–water partition coefficient (Wildman–Crippen LogP) is 2.51. The smallest absolute Gasteiger partial charge is 0.0593 e. The molecule has 0 aromatic rings. The Morgan fingerprint density at radius 3 is 2.72 bits per heavy atom. The van der Waals surface area contributed by atoms with Gasteiger partial charge in [0, 0.05) is 37.8 Å². The molecule has 0 spiro atoms. The highest BCUT2D eigenvalue weighted by Gasteiger charge is 2.34. The molecule has 1 rings (SSSR count). The molecule has 1 heterocycles. The molecule has 1 N–H and O–H groups in total. The summed E-state index contributed by atoms with van der Waals surface area (Å²) in [4.78, 5) is 2.60. The van der Waals surface area contributed by atoms with Gasteiger partial charge in [-0.3, -0.25) is 4.90 Å². The van der Waals surface area contributed by atoms with Crippen LogP contribution >= 0.6 is 0 Å². The van der Waals surface area contributed by atoms with Gasteiger partial charge in [-0.15, -0.1) is 0 Å². The van der Waals surface area contributed by atoms with Crippen molar-refractivity contribution in [2.75, 3.05) is 32.8 Å². The largest absolute Gasteiger partial charge is 0.380 e. The minimum atomic E-state index is 0.300. The Bertz CT molecular complexity index is 233. The van der Waals surface area contributed by atoms with Gasteiger partial charge in [0.05, 0.1) is 6.61 Å². The maximum atomic E-state index is 5.76. The summed E-state index contributed by atoms with van der Waals surface area (Å²) >= 11 is 0. The van der Waals surface area contributed by atoms with Crippen molar-refractivity contribution in [2.24, 2.45) is 5.92 Å². The summed E-state index contributed by atoms with van der Waals surface area (Å²) in [5.41, 5.74) is 0.300. The van der Waals surface area contributed by atoms with Gasteiger partial charge < -0.3 is 10.1 Å². The van der Waals surface area contributed by atoms with E-state index >= 15 is 0 Å². The number of ether oxygens (including phenoxy) is 1. The lowest BCUT2D eigenvalue weighted by Crippen LogP contribution is -2.62. The van der Waals surface area contributed by atoms with E-state index in [4.69, 9.17) is 4.74 Å². The number of hydrogen-bond donors (Lipinski definition) is 1. The second-order valence-electron chi connectivity index (χ2n) is 6.37. The van der Waals surface area contributed by atoms with Crippen LogP contribution in [0.2, 0.25) is 0 Å². The number of nitrogens with one attached hydrogen (secondary N) is 1.